The van der Waals surface area contributed by atoms with Crippen molar-refractivity contribution in [2.45, 2.75) is 19.4 Å². The van der Waals surface area contributed by atoms with Gasteiger partial charge in [-0.2, -0.15) is 9.61 Å². The average Bonchev–Trinajstić information content (AvgIpc) is 3.24. The topological polar surface area (TPSA) is 54.7 Å². The van der Waals surface area contributed by atoms with Crippen molar-refractivity contribution in [3.8, 4) is 17.0 Å². The Balaban J connectivity index is 1.32. The van der Waals surface area contributed by atoms with E-state index in [0.29, 0.717) is 10.9 Å². The second-order valence-electron chi connectivity index (χ2n) is 8.71. The molecule has 6 nitrogen and oxygen atoms in total. The van der Waals surface area contributed by atoms with Crippen molar-refractivity contribution in [2.75, 3.05) is 32.1 Å². The molecule has 1 aliphatic heterocycles. The van der Waals surface area contributed by atoms with E-state index in [1.165, 1.54) is 18.4 Å². The van der Waals surface area contributed by atoms with Crippen molar-refractivity contribution in [3.63, 3.8) is 0 Å². The van der Waals surface area contributed by atoms with Gasteiger partial charge in [-0.1, -0.05) is 41.9 Å². The fourth-order valence-electron chi connectivity index (χ4n) is 4.61. The summed E-state index contributed by atoms with van der Waals surface area (Å²) >= 11 is 10.0. The molecule has 2 aromatic heterocycles. The number of nitrogens with one attached hydrogen (secondary N) is 1. The third-order valence-electron chi connectivity index (χ3n) is 6.29. The summed E-state index contributed by atoms with van der Waals surface area (Å²) in [4.78, 5) is 7.34. The van der Waals surface area contributed by atoms with Crippen LogP contribution in [0.4, 0.5) is 5.82 Å². The van der Waals surface area contributed by atoms with Crippen molar-refractivity contribution < 1.29 is 4.74 Å². The Hall–Kier alpha value is -2.61. The first-order chi connectivity index (χ1) is 16.6. The Kier molecular flexibility index (Phi) is 7.04. The summed E-state index contributed by atoms with van der Waals surface area (Å²) in [5.74, 6) is 2.37. The summed E-state index contributed by atoms with van der Waals surface area (Å²) in [6.45, 7) is 3.98. The lowest BCUT2D eigenvalue weighted by molar-refractivity contribution is 0.173. The maximum absolute atomic E-state index is 6.47. The van der Waals surface area contributed by atoms with E-state index in [1.807, 2.05) is 40.9 Å². The molecule has 34 heavy (non-hydrogen) atoms. The normalized spacial score (nSPS) is 16.6. The van der Waals surface area contributed by atoms with Gasteiger partial charge in [-0.05, 0) is 65.0 Å². The molecule has 0 radical (unpaired) electrons. The lowest BCUT2D eigenvalue weighted by Gasteiger charge is -2.33. The molecule has 8 heteroatoms. The highest BCUT2D eigenvalue weighted by atomic mass is 79.9. The summed E-state index contributed by atoms with van der Waals surface area (Å²) in [5, 5.41) is 8.85. The molecule has 0 spiro atoms. The minimum Gasteiger partial charge on any atom is -0.497 e. The van der Waals surface area contributed by atoms with E-state index < -0.39 is 0 Å². The van der Waals surface area contributed by atoms with Crippen LogP contribution >= 0.6 is 27.5 Å². The van der Waals surface area contributed by atoms with E-state index in [-0.39, 0.29) is 0 Å². The van der Waals surface area contributed by atoms with E-state index in [9.17, 15) is 0 Å². The highest BCUT2D eigenvalue weighted by Gasteiger charge is 2.21. The number of halogens is 2. The molecule has 1 fully saturated rings. The predicted molar refractivity (Wildman–Crippen MR) is 141 cm³/mol. The number of methoxy groups -OCH3 is 1. The molecule has 4 aromatic rings. The highest BCUT2D eigenvalue weighted by Crippen LogP contribution is 2.30. The van der Waals surface area contributed by atoms with Gasteiger partial charge in [0.2, 0.25) is 0 Å². The summed E-state index contributed by atoms with van der Waals surface area (Å²) in [6.07, 6.45) is 4.18. The lowest BCUT2D eigenvalue weighted by Crippen LogP contribution is -2.37. The van der Waals surface area contributed by atoms with E-state index >= 15 is 0 Å². The van der Waals surface area contributed by atoms with E-state index in [1.54, 1.807) is 13.3 Å². The fraction of sp³-hybridized carbons (Fsp3) is 0.308. The zero-order chi connectivity index (χ0) is 23.5. The van der Waals surface area contributed by atoms with Crippen LogP contribution < -0.4 is 10.1 Å². The summed E-state index contributed by atoms with van der Waals surface area (Å²) in [5.41, 5.74) is 3.79. The number of piperidine rings is 1. The number of ether oxygens (including phenoxy) is 1. The molecule has 0 bridgehead atoms. The minimum atomic E-state index is 0.547. The summed E-state index contributed by atoms with van der Waals surface area (Å²) < 4.78 is 8.09. The summed E-state index contributed by atoms with van der Waals surface area (Å²) in [7, 11) is 1.72. The molecular weight excluding hydrogens is 514 g/mol. The largest absolute Gasteiger partial charge is 0.497 e. The monoisotopic (exact) mass is 539 g/mol. The fourth-order valence-corrected chi connectivity index (χ4v) is 5.19. The van der Waals surface area contributed by atoms with Crippen LogP contribution in [-0.4, -0.2) is 46.2 Å². The molecule has 0 amide bonds. The molecule has 3 heterocycles. The molecule has 0 saturated carbocycles. The highest BCUT2D eigenvalue weighted by molar-refractivity contribution is 9.10. The van der Waals surface area contributed by atoms with Crippen molar-refractivity contribution in [1.29, 1.82) is 0 Å². The number of nitrogens with zero attached hydrogens (tertiary/aromatic N) is 4. The number of rotatable bonds is 7. The Morgan fingerprint density at radius 1 is 1.18 bits per heavy atom. The van der Waals surface area contributed by atoms with Crippen LogP contribution in [0.25, 0.3) is 16.9 Å². The number of benzene rings is 2. The number of anilines is 1. The standard InChI is InChI=1S/C26H27BrClN5O/c1-34-20-8-4-6-18(12-20)16-32-11-5-7-19(17-32)14-29-25-13-24(21-9-2-3-10-23(21)28)31-26-22(27)15-30-33(25)26/h2-4,6,8-10,12-13,15,19,29H,5,7,11,14,16-17H2,1H3. The van der Waals surface area contributed by atoms with Gasteiger partial charge < -0.3 is 10.1 Å². The van der Waals surface area contributed by atoms with E-state index in [4.69, 9.17) is 21.3 Å². The van der Waals surface area contributed by atoms with Gasteiger partial charge in [-0.15, -0.1) is 0 Å². The van der Waals surface area contributed by atoms with Crippen LogP contribution in [0.15, 0.2) is 65.3 Å². The molecule has 1 unspecified atom stereocenters. The average molecular weight is 541 g/mol. The predicted octanol–water partition coefficient (Wildman–Crippen LogP) is 6.14. The van der Waals surface area contributed by atoms with E-state index in [0.717, 1.165) is 59.1 Å². The zero-order valence-corrected chi connectivity index (χ0v) is 21.4. The smallest absolute Gasteiger partial charge is 0.172 e. The second-order valence-corrected chi connectivity index (χ2v) is 9.97. The van der Waals surface area contributed by atoms with Crippen LogP contribution in [0.3, 0.4) is 0 Å². The van der Waals surface area contributed by atoms with Crippen LogP contribution in [-0.2, 0) is 6.54 Å². The quantitative estimate of drug-likeness (QED) is 0.305. The number of hydrogen-bond donors (Lipinski definition) is 1. The third-order valence-corrected chi connectivity index (χ3v) is 7.18. The first-order valence-electron chi connectivity index (χ1n) is 11.5. The molecule has 0 aliphatic carbocycles. The maximum Gasteiger partial charge on any atom is 0.172 e. The molecule has 2 aromatic carbocycles. The SMILES string of the molecule is COc1cccc(CN2CCCC(CNc3cc(-c4ccccc4Cl)nc4c(Br)cnn34)C2)c1. The van der Waals surface area contributed by atoms with Crippen molar-refractivity contribution in [3.05, 3.63) is 75.9 Å². The van der Waals surface area contributed by atoms with Crippen LogP contribution in [0.1, 0.15) is 18.4 Å². The third kappa shape index (κ3) is 5.06. The molecular formula is C26H27BrClN5O. The van der Waals surface area contributed by atoms with Gasteiger partial charge in [-0.25, -0.2) is 4.98 Å². The summed E-state index contributed by atoms with van der Waals surface area (Å²) in [6, 6.07) is 18.2. The van der Waals surface area contributed by atoms with Gasteiger partial charge in [0.25, 0.3) is 0 Å². The minimum absolute atomic E-state index is 0.547. The Morgan fingerprint density at radius 3 is 2.91 bits per heavy atom. The van der Waals surface area contributed by atoms with Crippen molar-refractivity contribution in [2.24, 2.45) is 5.92 Å². The van der Waals surface area contributed by atoms with Gasteiger partial charge in [-0.3, -0.25) is 4.90 Å². The first-order valence-corrected chi connectivity index (χ1v) is 12.7. The van der Waals surface area contributed by atoms with Crippen LogP contribution in [0, 0.1) is 5.92 Å². The molecule has 1 saturated heterocycles. The molecule has 1 atom stereocenters. The molecule has 176 valence electrons. The lowest BCUT2D eigenvalue weighted by atomic mass is 9.97. The number of hydrogen-bond acceptors (Lipinski definition) is 5. The maximum atomic E-state index is 6.47. The zero-order valence-electron chi connectivity index (χ0n) is 19.0. The Labute approximate surface area is 213 Å². The number of likely N-dealkylation sites (tertiary alicyclic amines) is 1. The van der Waals surface area contributed by atoms with Gasteiger partial charge in [0.05, 0.1) is 23.5 Å². The number of fused-ring (bicyclic) bond motifs is 1. The van der Waals surface area contributed by atoms with Gasteiger partial charge >= 0.3 is 0 Å². The second kappa shape index (κ2) is 10.3. The van der Waals surface area contributed by atoms with Gasteiger partial charge in [0.1, 0.15) is 11.6 Å². The Morgan fingerprint density at radius 2 is 2.06 bits per heavy atom. The van der Waals surface area contributed by atoms with Crippen molar-refractivity contribution >= 4 is 39.0 Å². The molecule has 1 N–H and O–H groups in total. The van der Waals surface area contributed by atoms with Gasteiger partial charge in [0, 0.05) is 36.3 Å². The molecule has 1 aliphatic rings. The van der Waals surface area contributed by atoms with Crippen molar-refractivity contribution in [1.82, 2.24) is 19.5 Å². The Bertz CT molecular complexity index is 1290. The van der Waals surface area contributed by atoms with Crippen LogP contribution in [0.5, 0.6) is 5.75 Å². The molecule has 5 rings (SSSR count). The first kappa shape index (κ1) is 23.1. The van der Waals surface area contributed by atoms with Gasteiger partial charge in [0.15, 0.2) is 5.65 Å². The number of aromatic nitrogens is 3. The van der Waals surface area contributed by atoms with E-state index in [2.05, 4.69) is 49.4 Å². The van der Waals surface area contributed by atoms with Crippen LogP contribution in [0.2, 0.25) is 5.02 Å².